The summed E-state index contributed by atoms with van der Waals surface area (Å²) in [6.07, 6.45) is 1.52. The summed E-state index contributed by atoms with van der Waals surface area (Å²) >= 11 is 0. The van der Waals surface area contributed by atoms with Gasteiger partial charge in [0, 0.05) is 6.54 Å². The van der Waals surface area contributed by atoms with Crippen molar-refractivity contribution in [3.05, 3.63) is 35.7 Å². The molecule has 1 amide bonds. The highest BCUT2D eigenvalue weighted by molar-refractivity contribution is 5.93. The lowest BCUT2D eigenvalue weighted by Gasteiger charge is -2.31. The van der Waals surface area contributed by atoms with Gasteiger partial charge in [-0.15, -0.1) is 5.10 Å². The van der Waals surface area contributed by atoms with Crippen LogP contribution in [0.2, 0.25) is 0 Å². The highest BCUT2D eigenvalue weighted by Gasteiger charge is 2.29. The Morgan fingerprint density at radius 2 is 1.92 bits per heavy atom. The third kappa shape index (κ3) is 3.41. The van der Waals surface area contributed by atoms with Gasteiger partial charge in [0.05, 0.1) is 24.0 Å². The minimum Gasteiger partial charge on any atom is -0.497 e. The van der Waals surface area contributed by atoms with E-state index >= 15 is 0 Å². The van der Waals surface area contributed by atoms with Crippen LogP contribution >= 0.6 is 0 Å². The molecule has 0 aliphatic heterocycles. The van der Waals surface area contributed by atoms with Crippen LogP contribution in [0.4, 0.5) is 0 Å². The molecule has 0 aliphatic rings. The zero-order valence-electron chi connectivity index (χ0n) is 14.7. The fourth-order valence-electron chi connectivity index (χ4n) is 2.57. The second kappa shape index (κ2) is 7.44. The lowest BCUT2D eigenvalue weighted by molar-refractivity contribution is 0.0889. The Hall–Kier alpha value is -2.41. The van der Waals surface area contributed by atoms with Gasteiger partial charge in [-0.25, -0.2) is 4.68 Å². The van der Waals surface area contributed by atoms with Gasteiger partial charge in [-0.3, -0.25) is 4.79 Å². The van der Waals surface area contributed by atoms with Gasteiger partial charge >= 0.3 is 0 Å². The Morgan fingerprint density at radius 3 is 2.42 bits per heavy atom. The van der Waals surface area contributed by atoms with Crippen molar-refractivity contribution in [3.8, 4) is 11.4 Å². The van der Waals surface area contributed by atoms with Gasteiger partial charge in [0.2, 0.25) is 0 Å². The second-order valence-electron chi connectivity index (χ2n) is 5.78. The molecular formula is C17H25N5O2. The molecule has 0 unspecified atom stereocenters. The van der Waals surface area contributed by atoms with Crippen molar-refractivity contribution in [3.63, 3.8) is 0 Å². The summed E-state index contributed by atoms with van der Waals surface area (Å²) in [4.78, 5) is 12.6. The average Bonchev–Trinajstić information content (AvgIpc) is 3.01. The van der Waals surface area contributed by atoms with E-state index in [2.05, 4.69) is 15.6 Å². The number of carbonyl (C=O) groups excluding carboxylic acids is 1. The van der Waals surface area contributed by atoms with E-state index in [-0.39, 0.29) is 5.91 Å². The highest BCUT2D eigenvalue weighted by Crippen LogP contribution is 2.18. The van der Waals surface area contributed by atoms with E-state index in [0.29, 0.717) is 17.9 Å². The minimum absolute atomic E-state index is 0.249. The zero-order valence-corrected chi connectivity index (χ0v) is 14.7. The van der Waals surface area contributed by atoms with Gasteiger partial charge in [0.1, 0.15) is 5.75 Å². The number of hydrogen-bond acceptors (Lipinski definition) is 5. The van der Waals surface area contributed by atoms with Crippen molar-refractivity contribution in [1.29, 1.82) is 0 Å². The molecule has 0 atom stereocenters. The summed E-state index contributed by atoms with van der Waals surface area (Å²) in [5.41, 5.74) is 7.24. The zero-order chi connectivity index (χ0) is 17.7. The standard InChI is InChI=1S/C17H25N5O2/c1-5-17(6-2,11-18)19-16(23)15-12(3)22(21-20-15)13-7-9-14(24-4)10-8-13/h7-10H,5-6,11,18H2,1-4H3,(H,19,23). The van der Waals surface area contributed by atoms with Crippen LogP contribution in [0.25, 0.3) is 5.69 Å². The number of nitrogens with one attached hydrogen (secondary N) is 1. The van der Waals surface area contributed by atoms with Gasteiger partial charge in [0.25, 0.3) is 5.91 Å². The molecule has 0 bridgehead atoms. The molecule has 7 heteroatoms. The lowest BCUT2D eigenvalue weighted by atomic mass is 9.92. The van der Waals surface area contributed by atoms with E-state index in [0.717, 1.165) is 24.3 Å². The topological polar surface area (TPSA) is 95.1 Å². The van der Waals surface area contributed by atoms with Gasteiger partial charge in [-0.2, -0.15) is 0 Å². The first-order valence-electron chi connectivity index (χ1n) is 8.09. The number of ether oxygens (including phenoxy) is 1. The third-order valence-corrected chi connectivity index (χ3v) is 4.55. The van der Waals surface area contributed by atoms with Gasteiger partial charge in [0.15, 0.2) is 5.69 Å². The smallest absolute Gasteiger partial charge is 0.274 e. The Kier molecular flexibility index (Phi) is 5.56. The van der Waals surface area contributed by atoms with Crippen LogP contribution in [-0.2, 0) is 0 Å². The predicted octanol–water partition coefficient (Wildman–Crippen LogP) is 1.83. The van der Waals surface area contributed by atoms with Crippen LogP contribution in [0.1, 0.15) is 42.9 Å². The number of aromatic nitrogens is 3. The van der Waals surface area contributed by atoms with Crippen molar-refractivity contribution in [2.45, 2.75) is 39.2 Å². The number of carbonyl (C=O) groups is 1. The van der Waals surface area contributed by atoms with Crippen molar-refractivity contribution < 1.29 is 9.53 Å². The molecule has 1 aromatic heterocycles. The minimum atomic E-state index is -0.409. The molecule has 0 fully saturated rings. The number of hydrogen-bond donors (Lipinski definition) is 2. The quantitative estimate of drug-likeness (QED) is 0.807. The van der Waals surface area contributed by atoms with Crippen LogP contribution in [0.15, 0.2) is 24.3 Å². The summed E-state index contributed by atoms with van der Waals surface area (Å²) in [5.74, 6) is 0.509. The van der Waals surface area contributed by atoms with Crippen LogP contribution in [0.3, 0.4) is 0 Å². The number of rotatable bonds is 7. The maximum Gasteiger partial charge on any atom is 0.274 e. The van der Waals surface area contributed by atoms with Crippen LogP contribution in [0, 0.1) is 6.92 Å². The van der Waals surface area contributed by atoms with E-state index in [9.17, 15) is 4.79 Å². The molecule has 0 saturated heterocycles. The van der Waals surface area contributed by atoms with Crippen molar-refractivity contribution in [2.75, 3.05) is 13.7 Å². The molecule has 130 valence electrons. The number of amides is 1. The van der Waals surface area contributed by atoms with Gasteiger partial charge < -0.3 is 15.8 Å². The first kappa shape index (κ1) is 17.9. The molecule has 0 saturated carbocycles. The maximum atomic E-state index is 12.6. The van der Waals surface area contributed by atoms with Crippen LogP contribution in [-0.4, -0.2) is 40.1 Å². The van der Waals surface area contributed by atoms with Gasteiger partial charge in [-0.1, -0.05) is 19.1 Å². The van der Waals surface area contributed by atoms with Crippen molar-refractivity contribution in [2.24, 2.45) is 5.73 Å². The first-order valence-corrected chi connectivity index (χ1v) is 8.09. The average molecular weight is 331 g/mol. The molecule has 0 radical (unpaired) electrons. The van der Waals surface area contributed by atoms with Crippen LogP contribution < -0.4 is 15.8 Å². The van der Waals surface area contributed by atoms with E-state index in [1.807, 2.05) is 45.0 Å². The summed E-state index contributed by atoms with van der Waals surface area (Å²) in [5, 5.41) is 11.2. The molecule has 24 heavy (non-hydrogen) atoms. The molecule has 0 aliphatic carbocycles. The van der Waals surface area contributed by atoms with Crippen LogP contribution in [0.5, 0.6) is 5.75 Å². The normalized spacial score (nSPS) is 11.4. The maximum absolute atomic E-state index is 12.6. The molecule has 2 rings (SSSR count). The van der Waals surface area contributed by atoms with Gasteiger partial charge in [-0.05, 0) is 44.0 Å². The van der Waals surface area contributed by atoms with E-state index in [4.69, 9.17) is 10.5 Å². The number of benzene rings is 1. The molecule has 1 heterocycles. The molecular weight excluding hydrogens is 306 g/mol. The van der Waals surface area contributed by atoms with E-state index in [1.165, 1.54) is 0 Å². The highest BCUT2D eigenvalue weighted by atomic mass is 16.5. The van der Waals surface area contributed by atoms with E-state index < -0.39 is 5.54 Å². The lowest BCUT2D eigenvalue weighted by Crippen LogP contribution is -2.53. The van der Waals surface area contributed by atoms with Crippen molar-refractivity contribution >= 4 is 5.91 Å². The first-order chi connectivity index (χ1) is 11.5. The number of methoxy groups -OCH3 is 1. The number of nitrogens with two attached hydrogens (primary N) is 1. The SMILES string of the molecule is CCC(CC)(CN)NC(=O)c1nnn(-c2ccc(OC)cc2)c1C. The third-order valence-electron chi connectivity index (χ3n) is 4.55. The molecule has 1 aromatic carbocycles. The Labute approximate surface area is 142 Å². The summed E-state index contributed by atoms with van der Waals surface area (Å²) in [6.45, 7) is 6.23. The summed E-state index contributed by atoms with van der Waals surface area (Å²) in [6, 6.07) is 7.41. The second-order valence-corrected chi connectivity index (χ2v) is 5.78. The fourth-order valence-corrected chi connectivity index (χ4v) is 2.57. The molecule has 3 N–H and O–H groups in total. The van der Waals surface area contributed by atoms with E-state index in [1.54, 1.807) is 11.8 Å². The number of nitrogens with zero attached hydrogens (tertiary/aromatic N) is 3. The monoisotopic (exact) mass is 331 g/mol. The summed E-state index contributed by atoms with van der Waals surface area (Å²) < 4.78 is 6.78. The Balaban J connectivity index is 2.27. The molecule has 2 aromatic rings. The summed E-state index contributed by atoms with van der Waals surface area (Å²) in [7, 11) is 1.61. The molecule has 0 spiro atoms. The Morgan fingerprint density at radius 1 is 1.29 bits per heavy atom. The van der Waals surface area contributed by atoms with Crippen molar-refractivity contribution in [1.82, 2.24) is 20.3 Å². The largest absolute Gasteiger partial charge is 0.497 e. The molecule has 7 nitrogen and oxygen atoms in total. The fraction of sp³-hybridized carbons (Fsp3) is 0.471. The Bertz CT molecular complexity index is 681. The predicted molar refractivity (Wildman–Crippen MR) is 92.5 cm³/mol.